The first-order valence-electron chi connectivity index (χ1n) is 13.6. The Kier molecular flexibility index (Phi) is 32.2. The van der Waals surface area contributed by atoms with E-state index in [0.717, 1.165) is 11.8 Å². The highest BCUT2D eigenvalue weighted by Crippen LogP contribution is 2.40. The SMILES string of the molecule is C=O.C=O.CC.CC.CC.CCCCCC[C@@H]1Cc2ccccc2C1C.Cc1ccc(C)c(O)c1O. The number of carbonyl (C=O) groups excluding carboxylic acids is 2. The van der Waals surface area contributed by atoms with Crippen molar-refractivity contribution in [3.05, 3.63) is 58.7 Å². The molecule has 0 aliphatic heterocycles. The first kappa shape index (κ1) is 40.5. The fourth-order valence-electron chi connectivity index (χ4n) is 3.84. The van der Waals surface area contributed by atoms with Crippen molar-refractivity contribution in [3.63, 3.8) is 0 Å². The average Bonchev–Trinajstić information content (AvgIpc) is 3.29. The predicted molar refractivity (Wildman–Crippen MR) is 158 cm³/mol. The summed E-state index contributed by atoms with van der Waals surface area (Å²) in [6, 6.07) is 12.6. The molecule has 1 aliphatic carbocycles. The molecule has 2 aromatic carbocycles. The van der Waals surface area contributed by atoms with Crippen LogP contribution in [0.1, 0.15) is 116 Å². The van der Waals surface area contributed by atoms with Gasteiger partial charge >= 0.3 is 0 Å². The van der Waals surface area contributed by atoms with Crippen LogP contribution in [-0.2, 0) is 16.0 Å². The Balaban J connectivity index is -0.000000221. The Bertz CT molecular complexity index is 714. The van der Waals surface area contributed by atoms with Gasteiger partial charge in [-0.2, -0.15) is 0 Å². The maximum atomic E-state index is 9.14. The van der Waals surface area contributed by atoms with Crippen LogP contribution in [0.5, 0.6) is 11.5 Å². The number of hydrogen-bond donors (Lipinski definition) is 2. The van der Waals surface area contributed by atoms with E-state index in [4.69, 9.17) is 19.8 Å². The highest BCUT2D eigenvalue weighted by molar-refractivity contribution is 5.48. The smallest absolute Gasteiger partial charge is 0.160 e. The van der Waals surface area contributed by atoms with E-state index in [1.54, 1.807) is 37.1 Å². The molecule has 0 heterocycles. The topological polar surface area (TPSA) is 74.6 Å². The molecule has 4 nitrogen and oxygen atoms in total. The van der Waals surface area contributed by atoms with Crippen molar-refractivity contribution < 1.29 is 19.8 Å². The van der Waals surface area contributed by atoms with Crippen LogP contribution in [0.3, 0.4) is 0 Å². The summed E-state index contributed by atoms with van der Waals surface area (Å²) in [5.74, 6) is 1.67. The molecular formula is C32H56O4. The zero-order valence-corrected chi connectivity index (χ0v) is 25.0. The molecule has 3 rings (SSSR count). The van der Waals surface area contributed by atoms with Crippen molar-refractivity contribution in [2.45, 2.75) is 114 Å². The Hall–Kier alpha value is -2.62. The molecule has 0 saturated carbocycles. The molecule has 0 amide bonds. The summed E-state index contributed by atoms with van der Waals surface area (Å²) >= 11 is 0. The van der Waals surface area contributed by atoms with E-state index in [2.05, 4.69) is 38.1 Å². The molecule has 208 valence electrons. The van der Waals surface area contributed by atoms with Gasteiger partial charge in [0.05, 0.1) is 0 Å². The van der Waals surface area contributed by atoms with Gasteiger partial charge in [-0.1, -0.05) is 117 Å². The number of unbranched alkanes of at least 4 members (excludes halogenated alkanes) is 3. The first-order valence-corrected chi connectivity index (χ1v) is 13.6. The Labute approximate surface area is 223 Å². The maximum absolute atomic E-state index is 9.14. The van der Waals surface area contributed by atoms with Crippen LogP contribution in [0.15, 0.2) is 36.4 Å². The molecule has 4 heteroatoms. The van der Waals surface area contributed by atoms with Gasteiger partial charge in [0.25, 0.3) is 0 Å². The van der Waals surface area contributed by atoms with E-state index in [1.165, 1.54) is 38.5 Å². The van der Waals surface area contributed by atoms with Crippen molar-refractivity contribution in [2.24, 2.45) is 5.92 Å². The third kappa shape index (κ3) is 15.4. The third-order valence-corrected chi connectivity index (χ3v) is 5.72. The molecule has 2 aromatic rings. The number of phenolic OH excluding ortho intramolecular Hbond substituents is 2. The number of rotatable bonds is 5. The summed E-state index contributed by atoms with van der Waals surface area (Å²) in [6.45, 7) is 24.2. The standard InChI is InChI=1S/C16H24.C8H10O2.3C2H6.2CH2O/c1-3-4-5-6-9-14-12-15-10-7-8-11-16(15)13(14)2;1-5-3-4-6(2)8(10)7(5)9;5*1-2/h7-8,10-11,13-14H,3-6,9,12H2,1-2H3;3-4,9-10H,1-2H3;3*1-2H3;2*1H2/t13?,14-;;;;;;/m1....../s1. The minimum atomic E-state index is -0.0139. The van der Waals surface area contributed by atoms with Gasteiger partial charge in [0, 0.05) is 0 Å². The molecular weight excluding hydrogens is 448 g/mol. The Morgan fingerprint density at radius 2 is 1.19 bits per heavy atom. The Morgan fingerprint density at radius 3 is 1.61 bits per heavy atom. The van der Waals surface area contributed by atoms with Gasteiger partial charge in [0.1, 0.15) is 13.6 Å². The largest absolute Gasteiger partial charge is 0.504 e. The molecule has 0 bridgehead atoms. The molecule has 1 aliphatic rings. The number of benzene rings is 2. The molecule has 2 N–H and O–H groups in total. The van der Waals surface area contributed by atoms with E-state index < -0.39 is 0 Å². The fourth-order valence-corrected chi connectivity index (χ4v) is 3.84. The Morgan fingerprint density at radius 1 is 0.750 bits per heavy atom. The zero-order chi connectivity index (χ0) is 29.1. The summed E-state index contributed by atoms with van der Waals surface area (Å²) in [5.41, 5.74) is 4.62. The van der Waals surface area contributed by atoms with Crippen LogP contribution < -0.4 is 0 Å². The van der Waals surface area contributed by atoms with E-state index in [0.29, 0.717) is 11.1 Å². The summed E-state index contributed by atoms with van der Waals surface area (Å²) in [4.78, 5) is 16.0. The lowest BCUT2D eigenvalue weighted by molar-refractivity contribution is -0.0987. The summed E-state index contributed by atoms with van der Waals surface area (Å²) < 4.78 is 0. The summed E-state index contributed by atoms with van der Waals surface area (Å²) in [6.07, 6.45) is 8.36. The average molecular weight is 505 g/mol. The molecule has 1 unspecified atom stereocenters. The van der Waals surface area contributed by atoms with Crippen molar-refractivity contribution in [2.75, 3.05) is 0 Å². The highest BCUT2D eigenvalue weighted by Gasteiger charge is 2.27. The molecule has 36 heavy (non-hydrogen) atoms. The zero-order valence-electron chi connectivity index (χ0n) is 25.0. The normalized spacial score (nSPS) is 13.8. The monoisotopic (exact) mass is 504 g/mol. The summed E-state index contributed by atoms with van der Waals surface area (Å²) in [7, 11) is 0. The van der Waals surface area contributed by atoms with Crippen molar-refractivity contribution in [3.8, 4) is 11.5 Å². The van der Waals surface area contributed by atoms with Crippen molar-refractivity contribution in [1.29, 1.82) is 0 Å². The number of phenols is 2. The molecule has 2 atom stereocenters. The van der Waals surface area contributed by atoms with Gasteiger partial charge in [0.15, 0.2) is 11.5 Å². The van der Waals surface area contributed by atoms with Crippen LogP contribution in [0.2, 0.25) is 0 Å². The highest BCUT2D eigenvalue weighted by atomic mass is 16.3. The molecule has 0 fully saturated rings. The van der Waals surface area contributed by atoms with Gasteiger partial charge in [-0.15, -0.1) is 0 Å². The number of fused-ring (bicyclic) bond motifs is 1. The maximum Gasteiger partial charge on any atom is 0.160 e. The lowest BCUT2D eigenvalue weighted by Gasteiger charge is -2.15. The van der Waals surface area contributed by atoms with Gasteiger partial charge in [-0.3, -0.25) is 0 Å². The molecule has 0 radical (unpaired) electrons. The molecule has 0 saturated heterocycles. The van der Waals surface area contributed by atoms with Crippen LogP contribution in [-0.4, -0.2) is 23.8 Å². The van der Waals surface area contributed by atoms with E-state index in [9.17, 15) is 0 Å². The van der Waals surface area contributed by atoms with Crippen molar-refractivity contribution in [1.82, 2.24) is 0 Å². The second-order valence-corrected chi connectivity index (χ2v) is 7.70. The van der Waals surface area contributed by atoms with Gasteiger partial charge in [0.2, 0.25) is 0 Å². The van der Waals surface area contributed by atoms with E-state index in [1.807, 2.05) is 55.1 Å². The second-order valence-electron chi connectivity index (χ2n) is 7.70. The quantitative estimate of drug-likeness (QED) is 0.314. The van der Waals surface area contributed by atoms with Crippen molar-refractivity contribution >= 4 is 13.6 Å². The number of aromatic hydroxyl groups is 2. The van der Waals surface area contributed by atoms with Gasteiger partial charge in [-0.25, -0.2) is 0 Å². The first-order chi connectivity index (χ1) is 17.5. The van der Waals surface area contributed by atoms with Crippen LogP contribution in [0.4, 0.5) is 0 Å². The van der Waals surface area contributed by atoms with Crippen LogP contribution in [0.25, 0.3) is 0 Å². The van der Waals surface area contributed by atoms with Crippen LogP contribution >= 0.6 is 0 Å². The third-order valence-electron chi connectivity index (χ3n) is 5.72. The van der Waals surface area contributed by atoms with E-state index >= 15 is 0 Å². The molecule has 0 spiro atoms. The van der Waals surface area contributed by atoms with Gasteiger partial charge in [-0.05, 0) is 60.8 Å². The minimum Gasteiger partial charge on any atom is -0.504 e. The van der Waals surface area contributed by atoms with Crippen LogP contribution in [0, 0.1) is 19.8 Å². The minimum absolute atomic E-state index is 0.0139. The van der Waals surface area contributed by atoms with Gasteiger partial charge < -0.3 is 19.8 Å². The predicted octanol–water partition coefficient (Wildman–Crippen LogP) is 9.36. The number of carbonyl (C=O) groups is 2. The lowest BCUT2D eigenvalue weighted by atomic mass is 9.90. The summed E-state index contributed by atoms with van der Waals surface area (Å²) in [5, 5.41) is 18.3. The fraction of sp³-hybridized carbons (Fsp3) is 0.562. The molecule has 0 aromatic heterocycles. The number of aryl methyl sites for hydroxylation is 2. The number of hydrogen-bond acceptors (Lipinski definition) is 4. The second kappa shape index (κ2) is 28.6. The lowest BCUT2D eigenvalue weighted by Crippen LogP contribution is -2.04. The van der Waals surface area contributed by atoms with E-state index in [-0.39, 0.29) is 11.5 Å².